The largest absolute Gasteiger partial charge is 0.390 e. The Labute approximate surface area is 169 Å². The number of rotatable bonds is 5. The van der Waals surface area contributed by atoms with E-state index in [9.17, 15) is 5.11 Å². The second kappa shape index (κ2) is 8.31. The van der Waals surface area contributed by atoms with Gasteiger partial charge in [-0.05, 0) is 38.2 Å². The van der Waals surface area contributed by atoms with Crippen molar-refractivity contribution in [3.63, 3.8) is 0 Å². The summed E-state index contributed by atoms with van der Waals surface area (Å²) in [6, 6.07) is 2.01. The predicted octanol–water partition coefficient (Wildman–Crippen LogP) is 3.43. The zero-order chi connectivity index (χ0) is 19.6. The van der Waals surface area contributed by atoms with Crippen LogP contribution in [0.15, 0.2) is 28.4 Å². The van der Waals surface area contributed by atoms with E-state index in [-0.39, 0.29) is 18.1 Å². The Morgan fingerprint density at radius 3 is 2.67 bits per heavy atom. The quantitative estimate of drug-likeness (QED) is 0.784. The highest BCUT2D eigenvalue weighted by Crippen LogP contribution is 2.37. The summed E-state index contributed by atoms with van der Waals surface area (Å²) in [4.78, 5) is 16.5. The number of aliphatic hydroxyl groups is 1. The number of halogens is 1. The van der Waals surface area contributed by atoms with E-state index in [4.69, 9.17) is 22.3 Å². The first-order valence-corrected chi connectivity index (χ1v) is 10.3. The van der Waals surface area contributed by atoms with Crippen molar-refractivity contribution in [1.29, 1.82) is 0 Å². The van der Waals surface area contributed by atoms with Gasteiger partial charge in [-0.2, -0.15) is 0 Å². The SMILES string of the molecule is Cc1nc(N2CCC(C)(C(C)N)CC2)c(CO)nc1Sc1ccncc1Cl. The molecule has 2 aromatic heterocycles. The number of nitrogens with zero attached hydrogens (tertiary/aromatic N) is 4. The van der Waals surface area contributed by atoms with Gasteiger partial charge in [-0.1, -0.05) is 30.3 Å². The number of nitrogens with two attached hydrogens (primary N) is 1. The van der Waals surface area contributed by atoms with Gasteiger partial charge in [0.25, 0.3) is 0 Å². The lowest BCUT2D eigenvalue weighted by Gasteiger charge is -2.42. The first kappa shape index (κ1) is 20.3. The lowest BCUT2D eigenvalue weighted by Crippen LogP contribution is -2.47. The second-order valence-electron chi connectivity index (χ2n) is 7.38. The Hall–Kier alpha value is -1.41. The predicted molar refractivity (Wildman–Crippen MR) is 109 cm³/mol. The monoisotopic (exact) mass is 407 g/mol. The van der Waals surface area contributed by atoms with Gasteiger partial charge in [0.05, 0.1) is 17.3 Å². The van der Waals surface area contributed by atoms with E-state index in [1.165, 1.54) is 11.8 Å². The minimum Gasteiger partial charge on any atom is -0.390 e. The average molecular weight is 408 g/mol. The Balaban J connectivity index is 1.84. The van der Waals surface area contributed by atoms with Gasteiger partial charge in [0.2, 0.25) is 0 Å². The normalized spacial score (nSPS) is 17.8. The molecule has 1 unspecified atom stereocenters. The van der Waals surface area contributed by atoms with E-state index in [0.29, 0.717) is 10.7 Å². The number of hydrogen-bond donors (Lipinski definition) is 2. The summed E-state index contributed by atoms with van der Waals surface area (Å²) in [5.41, 5.74) is 7.73. The number of aryl methyl sites for hydroxylation is 1. The number of aliphatic hydroxyl groups excluding tert-OH is 1. The standard InChI is InChI=1S/C19H26ClN5OS/c1-12-18(27-16-4-7-22-10-14(16)20)24-15(11-26)17(23-12)25-8-5-19(3,6-9-25)13(2)21/h4,7,10,13,26H,5-6,8-9,11,21H2,1-3H3. The third-order valence-electron chi connectivity index (χ3n) is 5.47. The van der Waals surface area contributed by atoms with Crippen molar-refractivity contribution in [3.8, 4) is 0 Å². The first-order valence-electron chi connectivity index (χ1n) is 9.10. The van der Waals surface area contributed by atoms with Crippen molar-refractivity contribution < 1.29 is 5.11 Å². The zero-order valence-corrected chi connectivity index (χ0v) is 17.5. The van der Waals surface area contributed by atoms with E-state index in [2.05, 4.69) is 28.7 Å². The van der Waals surface area contributed by atoms with Crippen molar-refractivity contribution in [2.24, 2.45) is 11.1 Å². The molecule has 1 fully saturated rings. The van der Waals surface area contributed by atoms with Crippen molar-refractivity contribution in [2.75, 3.05) is 18.0 Å². The van der Waals surface area contributed by atoms with Crippen LogP contribution in [0.3, 0.4) is 0 Å². The van der Waals surface area contributed by atoms with Gasteiger partial charge >= 0.3 is 0 Å². The van der Waals surface area contributed by atoms with Gasteiger partial charge in [0.1, 0.15) is 10.7 Å². The minimum absolute atomic E-state index is 0.145. The Kier molecular flexibility index (Phi) is 6.25. The Bertz CT molecular complexity index is 809. The molecule has 1 aliphatic heterocycles. The third-order valence-corrected chi connectivity index (χ3v) is 7.04. The fourth-order valence-corrected chi connectivity index (χ4v) is 4.29. The fourth-order valence-electron chi connectivity index (χ4n) is 3.21. The molecule has 0 aromatic carbocycles. The molecule has 3 N–H and O–H groups in total. The van der Waals surface area contributed by atoms with Crippen LogP contribution >= 0.6 is 23.4 Å². The molecule has 0 aliphatic carbocycles. The Morgan fingerprint density at radius 2 is 2.07 bits per heavy atom. The molecule has 0 amide bonds. The molecule has 0 bridgehead atoms. The molecular formula is C19H26ClN5OS. The van der Waals surface area contributed by atoms with Gasteiger partial charge in [0.15, 0.2) is 5.82 Å². The van der Waals surface area contributed by atoms with Crippen molar-refractivity contribution in [1.82, 2.24) is 15.0 Å². The maximum atomic E-state index is 9.88. The highest BCUT2D eigenvalue weighted by atomic mass is 35.5. The molecule has 6 nitrogen and oxygen atoms in total. The number of hydrogen-bond acceptors (Lipinski definition) is 7. The van der Waals surface area contributed by atoms with Crippen LogP contribution in [-0.2, 0) is 6.61 Å². The highest BCUT2D eigenvalue weighted by Gasteiger charge is 2.34. The fraction of sp³-hybridized carbons (Fsp3) is 0.526. The molecule has 1 aliphatic rings. The number of anilines is 1. The lowest BCUT2D eigenvalue weighted by atomic mass is 9.75. The van der Waals surface area contributed by atoms with Gasteiger partial charge in [-0.25, -0.2) is 9.97 Å². The van der Waals surface area contributed by atoms with E-state index >= 15 is 0 Å². The molecule has 2 aromatic rings. The third kappa shape index (κ3) is 4.37. The van der Waals surface area contributed by atoms with Crippen LogP contribution in [0.4, 0.5) is 5.82 Å². The molecule has 3 heterocycles. The van der Waals surface area contributed by atoms with Crippen molar-refractivity contribution in [3.05, 3.63) is 34.9 Å². The first-order chi connectivity index (χ1) is 12.8. The molecule has 27 heavy (non-hydrogen) atoms. The average Bonchev–Trinajstić information content (AvgIpc) is 2.65. The molecule has 3 rings (SSSR count). The number of aromatic nitrogens is 3. The smallest absolute Gasteiger partial charge is 0.153 e. The van der Waals surface area contributed by atoms with Crippen LogP contribution in [0, 0.1) is 12.3 Å². The van der Waals surface area contributed by atoms with Crippen LogP contribution in [0.5, 0.6) is 0 Å². The highest BCUT2D eigenvalue weighted by molar-refractivity contribution is 7.99. The van der Waals surface area contributed by atoms with E-state index in [0.717, 1.165) is 47.4 Å². The van der Waals surface area contributed by atoms with Gasteiger partial charge in [0, 0.05) is 36.4 Å². The van der Waals surface area contributed by atoms with E-state index in [1.807, 2.05) is 13.0 Å². The molecule has 0 saturated carbocycles. The van der Waals surface area contributed by atoms with Gasteiger partial charge < -0.3 is 15.7 Å². The van der Waals surface area contributed by atoms with Crippen LogP contribution < -0.4 is 10.6 Å². The molecule has 1 atom stereocenters. The summed E-state index contributed by atoms with van der Waals surface area (Å²) in [5.74, 6) is 0.770. The van der Waals surface area contributed by atoms with Crippen LogP contribution in [-0.4, -0.2) is 39.2 Å². The van der Waals surface area contributed by atoms with Crippen LogP contribution in [0.1, 0.15) is 38.1 Å². The topological polar surface area (TPSA) is 88.2 Å². The molecule has 8 heteroatoms. The second-order valence-corrected chi connectivity index (χ2v) is 8.82. The maximum absolute atomic E-state index is 9.88. The molecule has 1 saturated heterocycles. The van der Waals surface area contributed by atoms with Crippen molar-refractivity contribution in [2.45, 2.75) is 56.2 Å². The maximum Gasteiger partial charge on any atom is 0.153 e. The van der Waals surface area contributed by atoms with E-state index in [1.54, 1.807) is 12.4 Å². The summed E-state index contributed by atoms with van der Waals surface area (Å²) >= 11 is 7.64. The van der Waals surface area contributed by atoms with Crippen LogP contribution in [0.2, 0.25) is 5.02 Å². The summed E-state index contributed by atoms with van der Waals surface area (Å²) in [7, 11) is 0. The van der Waals surface area contributed by atoms with Gasteiger partial charge in [-0.15, -0.1) is 0 Å². The molecule has 146 valence electrons. The summed E-state index contributed by atoms with van der Waals surface area (Å²) in [6.07, 6.45) is 5.30. The summed E-state index contributed by atoms with van der Waals surface area (Å²) in [5, 5.41) is 11.2. The Morgan fingerprint density at radius 1 is 1.37 bits per heavy atom. The number of piperidine rings is 1. The number of pyridine rings is 1. The summed E-state index contributed by atoms with van der Waals surface area (Å²) < 4.78 is 0. The zero-order valence-electron chi connectivity index (χ0n) is 15.9. The summed E-state index contributed by atoms with van der Waals surface area (Å²) in [6.45, 7) is 7.84. The lowest BCUT2D eigenvalue weighted by molar-refractivity contribution is 0.204. The van der Waals surface area contributed by atoms with Crippen molar-refractivity contribution >= 4 is 29.2 Å². The molecule has 0 radical (unpaired) electrons. The minimum atomic E-state index is -0.151. The van der Waals surface area contributed by atoms with Crippen LogP contribution in [0.25, 0.3) is 0 Å². The van der Waals surface area contributed by atoms with E-state index < -0.39 is 0 Å². The van der Waals surface area contributed by atoms with Gasteiger partial charge in [-0.3, -0.25) is 4.98 Å². The molecule has 0 spiro atoms. The molecular weight excluding hydrogens is 382 g/mol.